The molecule has 1 aromatic rings. The minimum absolute atomic E-state index is 0.0655. The van der Waals surface area contributed by atoms with Gasteiger partial charge in [0.2, 0.25) is 0 Å². The molecule has 2 rings (SSSR count). The normalized spacial score (nSPS) is 14.2. The summed E-state index contributed by atoms with van der Waals surface area (Å²) < 4.78 is 10.8. The van der Waals surface area contributed by atoms with Crippen molar-refractivity contribution in [1.82, 2.24) is 4.90 Å². The number of nitrogens with zero attached hydrogens (tertiary/aromatic N) is 2. The Morgan fingerprint density at radius 2 is 1.53 bits per heavy atom. The molecule has 0 spiro atoms. The van der Waals surface area contributed by atoms with Gasteiger partial charge in [0.15, 0.2) is 0 Å². The molecule has 10 nitrogen and oxygen atoms in total. The van der Waals surface area contributed by atoms with Crippen molar-refractivity contribution >= 4 is 35.4 Å². The van der Waals surface area contributed by atoms with Gasteiger partial charge < -0.3 is 19.9 Å². The number of nitrogens with one attached hydrogen (secondary N) is 1. The summed E-state index contributed by atoms with van der Waals surface area (Å²) in [7, 11) is 0. The molecule has 0 saturated carbocycles. The molecule has 1 aliphatic rings. The van der Waals surface area contributed by atoms with Crippen molar-refractivity contribution in [2.24, 2.45) is 0 Å². The molecular weight excluding hydrogens is 418 g/mol. The number of amides is 4. The van der Waals surface area contributed by atoms with Crippen LogP contribution in [0.25, 0.3) is 0 Å². The van der Waals surface area contributed by atoms with E-state index in [-0.39, 0.29) is 30.2 Å². The van der Waals surface area contributed by atoms with Crippen LogP contribution in [-0.2, 0) is 19.1 Å². The summed E-state index contributed by atoms with van der Waals surface area (Å²) in [5.74, 6) is -1.22. The number of hydrogen-bond donors (Lipinski definition) is 2. The number of carbonyl (C=O) groups is 4. The molecule has 32 heavy (non-hydrogen) atoms. The average molecular weight is 447 g/mol. The van der Waals surface area contributed by atoms with E-state index < -0.39 is 35.2 Å². The molecule has 174 valence electrons. The van der Waals surface area contributed by atoms with E-state index in [1.165, 1.54) is 12.1 Å². The van der Waals surface area contributed by atoms with Crippen LogP contribution < -0.4 is 10.2 Å². The van der Waals surface area contributed by atoms with E-state index in [9.17, 15) is 19.2 Å². The van der Waals surface area contributed by atoms with Gasteiger partial charge in [-0.1, -0.05) is 12.1 Å². The fourth-order valence-electron chi connectivity index (χ4n) is 2.72. The van der Waals surface area contributed by atoms with E-state index in [2.05, 4.69) is 5.32 Å². The van der Waals surface area contributed by atoms with E-state index in [1.54, 1.807) is 53.7 Å². The summed E-state index contributed by atoms with van der Waals surface area (Å²) in [5, 5.41) is 11.9. The molecule has 0 saturated heterocycles. The maximum absolute atomic E-state index is 12.9. The van der Waals surface area contributed by atoms with Crippen molar-refractivity contribution < 1.29 is 33.8 Å². The number of anilines is 2. The number of benzene rings is 1. The van der Waals surface area contributed by atoms with Gasteiger partial charge in [0, 0.05) is 6.08 Å². The Balaban J connectivity index is 2.44. The summed E-state index contributed by atoms with van der Waals surface area (Å²) in [5.41, 5.74) is -1.58. The monoisotopic (exact) mass is 447 g/mol. The maximum atomic E-state index is 12.9. The van der Waals surface area contributed by atoms with Gasteiger partial charge in [-0.2, -0.15) is 4.90 Å². The summed E-state index contributed by atoms with van der Waals surface area (Å²) >= 11 is 0. The minimum atomic E-state index is -0.967. The number of carbonyl (C=O) groups excluding carboxylic acids is 4. The standard InChI is InChI=1S/C22H29N3O7/c1-21(2,3)31-19(29)25(20(30)32-22(4,5)6)16-10-8-7-9-14(16)23-15-13-17(27)24(11-12-26)18(15)28/h7-10,13,23,26H,11-12H2,1-6H3. The molecule has 1 heterocycles. The van der Waals surface area contributed by atoms with Crippen LogP contribution in [0.15, 0.2) is 36.0 Å². The second-order valence-corrected chi connectivity index (χ2v) is 9.01. The molecule has 0 atom stereocenters. The number of aliphatic hydroxyl groups is 1. The molecule has 0 radical (unpaired) electrons. The van der Waals surface area contributed by atoms with E-state index >= 15 is 0 Å². The zero-order valence-corrected chi connectivity index (χ0v) is 19.1. The van der Waals surface area contributed by atoms with Gasteiger partial charge in [-0.3, -0.25) is 14.5 Å². The number of rotatable bonds is 5. The number of para-hydroxylation sites is 2. The highest BCUT2D eigenvalue weighted by atomic mass is 16.6. The van der Waals surface area contributed by atoms with Crippen LogP contribution in [0.3, 0.4) is 0 Å². The molecule has 0 bridgehead atoms. The van der Waals surface area contributed by atoms with Crippen molar-refractivity contribution in [3.05, 3.63) is 36.0 Å². The third-order valence-electron chi connectivity index (χ3n) is 3.90. The van der Waals surface area contributed by atoms with E-state index in [4.69, 9.17) is 14.6 Å². The first-order valence-electron chi connectivity index (χ1n) is 10.0. The minimum Gasteiger partial charge on any atom is -0.443 e. The number of imide groups is 2. The highest BCUT2D eigenvalue weighted by molar-refractivity contribution is 6.18. The van der Waals surface area contributed by atoms with E-state index in [0.29, 0.717) is 0 Å². The maximum Gasteiger partial charge on any atom is 0.424 e. The fourth-order valence-corrected chi connectivity index (χ4v) is 2.72. The molecule has 10 heteroatoms. The SMILES string of the molecule is CC(C)(C)OC(=O)N(C(=O)OC(C)(C)C)c1ccccc1NC1=CC(=O)N(CCO)C1=O. The highest BCUT2D eigenvalue weighted by Crippen LogP contribution is 2.31. The Hall–Kier alpha value is -3.40. The summed E-state index contributed by atoms with van der Waals surface area (Å²) in [6.07, 6.45) is -0.850. The Bertz CT molecular complexity index is 914. The van der Waals surface area contributed by atoms with Crippen LogP contribution in [0.4, 0.5) is 21.0 Å². The average Bonchev–Trinajstić information content (AvgIpc) is 2.88. The number of hydrogen-bond acceptors (Lipinski definition) is 8. The largest absolute Gasteiger partial charge is 0.443 e. The first kappa shape index (κ1) is 24.9. The van der Waals surface area contributed by atoms with Crippen LogP contribution in [0.2, 0.25) is 0 Å². The van der Waals surface area contributed by atoms with Gasteiger partial charge >= 0.3 is 12.2 Å². The van der Waals surface area contributed by atoms with Crippen LogP contribution in [0.5, 0.6) is 0 Å². The van der Waals surface area contributed by atoms with Crippen molar-refractivity contribution in [3.8, 4) is 0 Å². The van der Waals surface area contributed by atoms with Gasteiger partial charge in [0.1, 0.15) is 16.9 Å². The topological polar surface area (TPSA) is 125 Å². The summed E-state index contributed by atoms with van der Waals surface area (Å²) in [4.78, 5) is 52.0. The molecular formula is C22H29N3O7. The Morgan fingerprint density at radius 3 is 2.03 bits per heavy atom. The van der Waals surface area contributed by atoms with E-state index in [0.717, 1.165) is 15.9 Å². The van der Waals surface area contributed by atoms with Crippen LogP contribution in [0, 0.1) is 0 Å². The molecule has 2 N–H and O–H groups in total. The lowest BCUT2D eigenvalue weighted by Gasteiger charge is -2.29. The summed E-state index contributed by atoms with van der Waals surface area (Å²) in [6.45, 7) is 9.43. The van der Waals surface area contributed by atoms with Gasteiger partial charge in [0.25, 0.3) is 11.8 Å². The molecule has 0 fully saturated rings. The lowest BCUT2D eigenvalue weighted by atomic mass is 10.2. The third-order valence-corrected chi connectivity index (χ3v) is 3.90. The van der Waals surface area contributed by atoms with Gasteiger partial charge in [0.05, 0.1) is 24.5 Å². The zero-order chi connectivity index (χ0) is 24.3. The first-order chi connectivity index (χ1) is 14.7. The van der Waals surface area contributed by atoms with Crippen LogP contribution >= 0.6 is 0 Å². The lowest BCUT2D eigenvalue weighted by Crippen LogP contribution is -2.44. The predicted octanol–water partition coefficient (Wildman–Crippen LogP) is 3.02. The van der Waals surface area contributed by atoms with Crippen molar-refractivity contribution in [3.63, 3.8) is 0 Å². The number of aliphatic hydroxyl groups excluding tert-OH is 1. The Kier molecular flexibility index (Phi) is 7.30. The fraction of sp³-hybridized carbons (Fsp3) is 0.455. The number of β-amino-alcohol motifs (C(OH)–C–C–N with tert-alkyl or cyclic N) is 1. The lowest BCUT2D eigenvalue weighted by molar-refractivity contribution is -0.137. The van der Waals surface area contributed by atoms with Crippen molar-refractivity contribution in [2.75, 3.05) is 23.4 Å². The summed E-state index contributed by atoms with van der Waals surface area (Å²) in [6, 6.07) is 6.23. The first-order valence-corrected chi connectivity index (χ1v) is 10.0. The molecule has 4 amide bonds. The smallest absolute Gasteiger partial charge is 0.424 e. The quantitative estimate of drug-likeness (QED) is 0.660. The zero-order valence-electron chi connectivity index (χ0n) is 19.1. The second kappa shape index (κ2) is 9.39. The van der Waals surface area contributed by atoms with Crippen molar-refractivity contribution in [2.45, 2.75) is 52.7 Å². The van der Waals surface area contributed by atoms with Crippen molar-refractivity contribution in [1.29, 1.82) is 0 Å². The van der Waals surface area contributed by atoms with E-state index in [1.807, 2.05) is 0 Å². The Morgan fingerprint density at radius 1 is 1.00 bits per heavy atom. The van der Waals surface area contributed by atoms with Gasteiger partial charge in [-0.05, 0) is 53.7 Å². The van der Waals surface area contributed by atoms with Crippen LogP contribution in [-0.4, -0.2) is 58.4 Å². The van der Waals surface area contributed by atoms with Gasteiger partial charge in [-0.25, -0.2) is 9.59 Å². The third kappa shape index (κ3) is 6.30. The second-order valence-electron chi connectivity index (χ2n) is 9.01. The Labute approximate surface area is 186 Å². The highest BCUT2D eigenvalue weighted by Gasteiger charge is 2.35. The van der Waals surface area contributed by atoms with Gasteiger partial charge in [-0.15, -0.1) is 0 Å². The molecule has 0 aliphatic carbocycles. The molecule has 0 unspecified atom stereocenters. The predicted molar refractivity (Wildman–Crippen MR) is 117 cm³/mol. The number of ether oxygens (including phenoxy) is 2. The molecule has 1 aliphatic heterocycles. The van der Waals surface area contributed by atoms with Crippen LogP contribution in [0.1, 0.15) is 41.5 Å². The molecule has 1 aromatic carbocycles. The molecule has 0 aromatic heterocycles.